The fourth-order valence-corrected chi connectivity index (χ4v) is 4.05. The van der Waals surface area contributed by atoms with Crippen molar-refractivity contribution in [2.24, 2.45) is 0 Å². The average Bonchev–Trinajstić information content (AvgIpc) is 2.75. The van der Waals surface area contributed by atoms with Crippen molar-refractivity contribution in [2.45, 2.75) is 6.42 Å². The van der Waals surface area contributed by atoms with Gasteiger partial charge in [0.1, 0.15) is 23.2 Å². The Balaban J connectivity index is 1.88. The molecule has 0 fully saturated rings. The fourth-order valence-electron chi connectivity index (χ4n) is 2.97. The number of anilines is 1. The van der Waals surface area contributed by atoms with Crippen molar-refractivity contribution >= 4 is 56.2 Å². The Kier molecular flexibility index (Phi) is 7.82. The molecule has 1 N–H and O–H groups in total. The van der Waals surface area contributed by atoms with Crippen molar-refractivity contribution < 1.29 is 13.9 Å². The lowest BCUT2D eigenvalue weighted by molar-refractivity contribution is -0.112. The molecular formula is C24H17BrFIN2O2. The summed E-state index contributed by atoms with van der Waals surface area (Å²) in [5, 5.41) is 12.2. The van der Waals surface area contributed by atoms with Gasteiger partial charge in [0.05, 0.1) is 7.11 Å². The maximum absolute atomic E-state index is 13.5. The van der Waals surface area contributed by atoms with Crippen LogP contribution in [0.3, 0.4) is 0 Å². The Labute approximate surface area is 202 Å². The van der Waals surface area contributed by atoms with Gasteiger partial charge in [0.15, 0.2) is 0 Å². The Morgan fingerprint density at radius 2 is 1.97 bits per heavy atom. The third-order valence-corrected chi connectivity index (χ3v) is 5.94. The van der Waals surface area contributed by atoms with Gasteiger partial charge >= 0.3 is 0 Å². The summed E-state index contributed by atoms with van der Waals surface area (Å²) in [4.78, 5) is 12.5. The third-order valence-electron chi connectivity index (χ3n) is 4.44. The lowest BCUT2D eigenvalue weighted by atomic mass is 10.0. The van der Waals surface area contributed by atoms with Crippen LogP contribution in [0.2, 0.25) is 0 Å². The summed E-state index contributed by atoms with van der Waals surface area (Å²) in [5.41, 5.74) is 2.95. The monoisotopic (exact) mass is 590 g/mol. The summed E-state index contributed by atoms with van der Waals surface area (Å²) < 4.78 is 20.9. The minimum Gasteiger partial charge on any atom is -0.496 e. The Hall–Kier alpha value is -2.70. The molecule has 0 atom stereocenters. The summed E-state index contributed by atoms with van der Waals surface area (Å²) in [6.07, 6.45) is 2.02. The molecule has 0 aliphatic carbocycles. The SMILES string of the molecule is COc1cc(/C=C(\C#N)C(=O)Nc2ccc(Br)cc2)cc(I)c1Cc1cccc(F)c1. The van der Waals surface area contributed by atoms with Gasteiger partial charge in [-0.15, -0.1) is 0 Å². The average molecular weight is 591 g/mol. The smallest absolute Gasteiger partial charge is 0.266 e. The highest BCUT2D eigenvalue weighted by molar-refractivity contribution is 14.1. The molecule has 0 saturated heterocycles. The van der Waals surface area contributed by atoms with Crippen LogP contribution in [0.1, 0.15) is 16.7 Å². The van der Waals surface area contributed by atoms with Crippen LogP contribution in [-0.4, -0.2) is 13.0 Å². The van der Waals surface area contributed by atoms with E-state index in [0.717, 1.165) is 19.2 Å². The number of nitriles is 1. The van der Waals surface area contributed by atoms with Crippen LogP contribution in [0.5, 0.6) is 5.75 Å². The van der Waals surface area contributed by atoms with Crippen molar-refractivity contribution in [1.29, 1.82) is 5.26 Å². The van der Waals surface area contributed by atoms with Gasteiger partial charge in [-0.3, -0.25) is 4.79 Å². The minimum absolute atomic E-state index is 0.0290. The number of carbonyl (C=O) groups excluding carboxylic acids is 1. The molecule has 0 spiro atoms. The maximum atomic E-state index is 13.5. The molecule has 0 saturated carbocycles. The molecule has 0 bridgehead atoms. The first-order valence-electron chi connectivity index (χ1n) is 9.19. The van der Waals surface area contributed by atoms with Gasteiger partial charge in [0.25, 0.3) is 5.91 Å². The van der Waals surface area contributed by atoms with Gasteiger partial charge in [0, 0.05) is 25.7 Å². The lowest BCUT2D eigenvalue weighted by Gasteiger charge is -2.13. The predicted molar refractivity (Wildman–Crippen MR) is 131 cm³/mol. The normalized spacial score (nSPS) is 11.0. The summed E-state index contributed by atoms with van der Waals surface area (Å²) in [6.45, 7) is 0. The van der Waals surface area contributed by atoms with Gasteiger partial charge in [0.2, 0.25) is 0 Å². The van der Waals surface area contributed by atoms with E-state index in [9.17, 15) is 14.4 Å². The number of hydrogen-bond donors (Lipinski definition) is 1. The number of hydrogen-bond acceptors (Lipinski definition) is 3. The molecule has 0 unspecified atom stereocenters. The summed E-state index contributed by atoms with van der Waals surface area (Å²) in [5.74, 6) is -0.183. The molecule has 3 aromatic rings. The summed E-state index contributed by atoms with van der Waals surface area (Å²) in [6, 6.07) is 19.1. The second-order valence-corrected chi connectivity index (χ2v) is 8.70. The van der Waals surface area contributed by atoms with E-state index in [4.69, 9.17) is 4.74 Å². The highest BCUT2D eigenvalue weighted by Gasteiger charge is 2.14. The van der Waals surface area contributed by atoms with Gasteiger partial charge in [-0.1, -0.05) is 28.1 Å². The maximum Gasteiger partial charge on any atom is 0.266 e. The van der Waals surface area contributed by atoms with Crippen molar-refractivity contribution in [3.8, 4) is 11.8 Å². The topological polar surface area (TPSA) is 62.1 Å². The van der Waals surface area contributed by atoms with Crippen molar-refractivity contribution in [3.63, 3.8) is 0 Å². The van der Waals surface area contributed by atoms with Crippen LogP contribution < -0.4 is 10.1 Å². The van der Waals surface area contributed by atoms with Crippen molar-refractivity contribution in [3.05, 3.63) is 96.8 Å². The molecule has 0 heterocycles. The van der Waals surface area contributed by atoms with E-state index in [1.165, 1.54) is 18.2 Å². The first-order chi connectivity index (χ1) is 14.9. The number of benzene rings is 3. The van der Waals surface area contributed by atoms with Crippen LogP contribution in [0.15, 0.2) is 70.7 Å². The third kappa shape index (κ3) is 6.15. The van der Waals surface area contributed by atoms with Gasteiger partial charge in [-0.25, -0.2) is 4.39 Å². The van der Waals surface area contributed by atoms with Crippen LogP contribution >= 0.6 is 38.5 Å². The highest BCUT2D eigenvalue weighted by atomic mass is 127. The quantitative estimate of drug-likeness (QED) is 0.207. The molecule has 31 heavy (non-hydrogen) atoms. The van der Waals surface area contributed by atoms with Crippen LogP contribution in [0.4, 0.5) is 10.1 Å². The zero-order valence-corrected chi connectivity index (χ0v) is 20.2. The van der Waals surface area contributed by atoms with Crippen molar-refractivity contribution in [2.75, 3.05) is 12.4 Å². The first-order valence-corrected chi connectivity index (χ1v) is 11.1. The number of rotatable bonds is 6. The van der Waals surface area contributed by atoms with Crippen LogP contribution in [-0.2, 0) is 11.2 Å². The molecule has 1 amide bonds. The molecule has 0 aromatic heterocycles. The largest absolute Gasteiger partial charge is 0.496 e. The molecule has 4 nitrogen and oxygen atoms in total. The number of nitrogens with zero attached hydrogens (tertiary/aromatic N) is 1. The van der Waals surface area contributed by atoms with E-state index in [1.54, 1.807) is 43.5 Å². The van der Waals surface area contributed by atoms with E-state index in [1.807, 2.05) is 18.2 Å². The predicted octanol–water partition coefficient (Wildman–Crippen LogP) is 6.34. The van der Waals surface area contributed by atoms with E-state index >= 15 is 0 Å². The Bertz CT molecular complexity index is 1190. The molecule has 3 rings (SSSR count). The van der Waals surface area contributed by atoms with E-state index in [0.29, 0.717) is 23.4 Å². The molecule has 3 aromatic carbocycles. The number of nitrogens with one attached hydrogen (secondary N) is 1. The summed E-state index contributed by atoms with van der Waals surface area (Å²) >= 11 is 5.52. The number of methoxy groups -OCH3 is 1. The fraction of sp³-hybridized carbons (Fsp3) is 0.0833. The first kappa shape index (κ1) is 23.0. The van der Waals surface area contributed by atoms with Gasteiger partial charge < -0.3 is 10.1 Å². The molecular weight excluding hydrogens is 574 g/mol. The van der Waals surface area contributed by atoms with Gasteiger partial charge in [-0.2, -0.15) is 5.26 Å². The Morgan fingerprint density at radius 3 is 2.61 bits per heavy atom. The standard InChI is InChI=1S/C24H17BrFIN2O2/c1-31-23-13-16(12-22(27)21(23)11-15-3-2-4-19(26)10-15)9-17(14-28)24(30)29-20-7-5-18(25)6-8-20/h2-10,12-13H,11H2,1H3,(H,29,30)/b17-9+. The number of halogens is 3. The second kappa shape index (κ2) is 10.6. The zero-order valence-electron chi connectivity index (χ0n) is 16.5. The summed E-state index contributed by atoms with van der Waals surface area (Å²) in [7, 11) is 1.55. The zero-order chi connectivity index (χ0) is 22.4. The number of amides is 1. The lowest BCUT2D eigenvalue weighted by Crippen LogP contribution is -2.13. The van der Waals surface area contributed by atoms with E-state index in [-0.39, 0.29) is 11.4 Å². The second-order valence-electron chi connectivity index (χ2n) is 6.62. The van der Waals surface area contributed by atoms with Crippen molar-refractivity contribution in [1.82, 2.24) is 0 Å². The molecule has 0 aliphatic heterocycles. The van der Waals surface area contributed by atoms with Gasteiger partial charge in [-0.05, 0) is 88.3 Å². The molecule has 7 heteroatoms. The Morgan fingerprint density at radius 1 is 1.23 bits per heavy atom. The molecule has 156 valence electrons. The van der Waals surface area contributed by atoms with Crippen LogP contribution in [0.25, 0.3) is 6.08 Å². The van der Waals surface area contributed by atoms with E-state index < -0.39 is 5.91 Å². The minimum atomic E-state index is -0.498. The molecule has 0 radical (unpaired) electrons. The van der Waals surface area contributed by atoms with E-state index in [2.05, 4.69) is 43.8 Å². The number of carbonyl (C=O) groups is 1. The number of ether oxygens (including phenoxy) is 1. The highest BCUT2D eigenvalue weighted by Crippen LogP contribution is 2.30. The molecule has 0 aliphatic rings. The van der Waals surface area contributed by atoms with Crippen LogP contribution in [0, 0.1) is 20.7 Å².